The molecule has 0 radical (unpaired) electrons. The van der Waals surface area contributed by atoms with Gasteiger partial charge in [-0.2, -0.15) is 0 Å². The molecule has 3 N–H and O–H groups in total. The topological polar surface area (TPSA) is 56.9 Å². The second kappa shape index (κ2) is 5.56. The summed E-state index contributed by atoms with van der Waals surface area (Å²) in [6, 6.07) is 14.3. The Hall–Kier alpha value is -2.59. The van der Waals surface area contributed by atoms with E-state index in [1.807, 2.05) is 18.2 Å². The van der Waals surface area contributed by atoms with Crippen LogP contribution in [-0.4, -0.2) is 17.4 Å². The monoisotopic (exact) mass is 305 g/mol. The Morgan fingerprint density at radius 1 is 1.09 bits per heavy atom. The third kappa shape index (κ3) is 2.41. The number of aromatic amines is 1. The molecular formula is C19H19N3O. The van der Waals surface area contributed by atoms with Gasteiger partial charge in [0.05, 0.1) is 5.52 Å². The molecule has 1 aliphatic rings. The summed E-state index contributed by atoms with van der Waals surface area (Å²) in [5.74, 6) is -0.0559. The molecule has 2 aromatic carbocycles. The fourth-order valence-electron chi connectivity index (χ4n) is 3.41. The molecule has 4 nitrogen and oxygen atoms in total. The highest BCUT2D eigenvalue weighted by Gasteiger charge is 2.18. The Morgan fingerprint density at radius 3 is 2.78 bits per heavy atom. The minimum atomic E-state index is -0.0559. The number of nitrogens with one attached hydrogen (secondary N) is 3. The van der Waals surface area contributed by atoms with Crippen LogP contribution in [0.1, 0.15) is 18.2 Å². The summed E-state index contributed by atoms with van der Waals surface area (Å²) in [4.78, 5) is 15.1. The van der Waals surface area contributed by atoms with Gasteiger partial charge < -0.3 is 15.6 Å². The number of fused-ring (bicyclic) bond motifs is 3. The summed E-state index contributed by atoms with van der Waals surface area (Å²) in [6.07, 6.45) is 1.02. The van der Waals surface area contributed by atoms with E-state index in [4.69, 9.17) is 0 Å². The molecule has 0 spiro atoms. The van der Waals surface area contributed by atoms with Crippen molar-refractivity contribution in [2.45, 2.75) is 19.9 Å². The van der Waals surface area contributed by atoms with Gasteiger partial charge in [0.25, 0.3) is 0 Å². The van der Waals surface area contributed by atoms with Gasteiger partial charge >= 0.3 is 0 Å². The molecule has 4 heteroatoms. The van der Waals surface area contributed by atoms with E-state index in [-0.39, 0.29) is 5.91 Å². The van der Waals surface area contributed by atoms with Crippen LogP contribution in [-0.2, 0) is 17.8 Å². The average Bonchev–Trinajstić information content (AvgIpc) is 2.94. The van der Waals surface area contributed by atoms with Crippen molar-refractivity contribution in [3.63, 3.8) is 0 Å². The number of carbonyl (C=O) groups excluding carboxylic acids is 1. The predicted octanol–water partition coefficient (Wildman–Crippen LogP) is 3.44. The van der Waals surface area contributed by atoms with Crippen LogP contribution in [0.2, 0.25) is 0 Å². The van der Waals surface area contributed by atoms with E-state index in [1.54, 1.807) is 0 Å². The predicted molar refractivity (Wildman–Crippen MR) is 93.4 cm³/mol. The van der Waals surface area contributed by atoms with Crippen molar-refractivity contribution < 1.29 is 4.79 Å². The number of aromatic nitrogens is 1. The molecule has 0 unspecified atom stereocenters. The lowest BCUT2D eigenvalue weighted by atomic mass is 9.99. The number of hydrogen-bond acceptors (Lipinski definition) is 2. The van der Waals surface area contributed by atoms with Crippen molar-refractivity contribution >= 4 is 22.5 Å². The zero-order valence-electron chi connectivity index (χ0n) is 13.1. The van der Waals surface area contributed by atoms with Crippen LogP contribution < -0.4 is 10.6 Å². The molecule has 3 aromatic rings. The molecule has 23 heavy (non-hydrogen) atoms. The highest BCUT2D eigenvalue weighted by atomic mass is 16.1. The maximum atomic E-state index is 11.5. The third-order valence-corrected chi connectivity index (χ3v) is 4.41. The first-order valence-corrected chi connectivity index (χ1v) is 7.94. The number of carbonyl (C=O) groups is 1. The first-order valence-electron chi connectivity index (χ1n) is 7.94. The van der Waals surface area contributed by atoms with Crippen LogP contribution in [0, 0.1) is 0 Å². The zero-order chi connectivity index (χ0) is 15.8. The lowest BCUT2D eigenvalue weighted by Gasteiger charge is -2.12. The number of benzene rings is 2. The molecule has 0 atom stereocenters. The van der Waals surface area contributed by atoms with Gasteiger partial charge in [-0.25, -0.2) is 0 Å². The number of H-pyrrole nitrogens is 1. The van der Waals surface area contributed by atoms with Crippen LogP contribution >= 0.6 is 0 Å². The van der Waals surface area contributed by atoms with E-state index in [2.05, 4.69) is 39.9 Å². The second-order valence-electron chi connectivity index (χ2n) is 5.96. The Labute approximate surface area is 134 Å². The molecule has 0 aliphatic carbocycles. The summed E-state index contributed by atoms with van der Waals surface area (Å²) in [7, 11) is 0. The standard InChI is InChI=1S/C19H19N3O/c1-12(23)21-17-8-3-2-5-13(17)14-6-4-7-15-16-11-20-10-9-18(16)22-19(14)15/h2-8,20,22H,9-11H2,1H3,(H,21,23). The van der Waals surface area contributed by atoms with Crippen LogP contribution in [0.25, 0.3) is 22.0 Å². The minimum Gasteiger partial charge on any atom is -0.358 e. The van der Waals surface area contributed by atoms with Crippen molar-refractivity contribution in [1.29, 1.82) is 0 Å². The Morgan fingerprint density at radius 2 is 1.91 bits per heavy atom. The zero-order valence-corrected chi connectivity index (χ0v) is 13.1. The molecule has 1 aliphatic heterocycles. The molecule has 0 saturated heterocycles. The third-order valence-electron chi connectivity index (χ3n) is 4.41. The van der Waals surface area contributed by atoms with E-state index in [9.17, 15) is 4.79 Å². The van der Waals surface area contributed by atoms with Crippen LogP contribution in [0.4, 0.5) is 5.69 Å². The van der Waals surface area contributed by atoms with Crippen molar-refractivity contribution in [3.8, 4) is 11.1 Å². The van der Waals surface area contributed by atoms with E-state index >= 15 is 0 Å². The first kappa shape index (κ1) is 14.0. The quantitative estimate of drug-likeness (QED) is 0.679. The Bertz CT molecular complexity index is 895. The molecule has 4 rings (SSSR count). The minimum absolute atomic E-state index is 0.0559. The number of rotatable bonds is 2. The maximum Gasteiger partial charge on any atom is 0.221 e. The van der Waals surface area contributed by atoms with Crippen molar-refractivity contribution in [1.82, 2.24) is 10.3 Å². The van der Waals surface area contributed by atoms with Crippen molar-refractivity contribution in [2.24, 2.45) is 0 Å². The normalized spacial score (nSPS) is 13.8. The lowest BCUT2D eigenvalue weighted by Crippen LogP contribution is -2.22. The van der Waals surface area contributed by atoms with Gasteiger partial charge in [0.15, 0.2) is 0 Å². The van der Waals surface area contributed by atoms with Crippen molar-refractivity contribution in [2.75, 3.05) is 11.9 Å². The average molecular weight is 305 g/mol. The SMILES string of the molecule is CC(=O)Nc1ccccc1-c1cccc2c3c([nH]c12)CCNC3. The van der Waals surface area contributed by atoms with Crippen LogP contribution in [0.15, 0.2) is 42.5 Å². The van der Waals surface area contributed by atoms with Gasteiger partial charge in [0.2, 0.25) is 5.91 Å². The van der Waals surface area contributed by atoms with Crippen molar-refractivity contribution in [3.05, 3.63) is 53.7 Å². The smallest absolute Gasteiger partial charge is 0.221 e. The van der Waals surface area contributed by atoms with Gasteiger partial charge in [0.1, 0.15) is 0 Å². The van der Waals surface area contributed by atoms with Gasteiger partial charge in [-0.1, -0.05) is 36.4 Å². The fourth-order valence-corrected chi connectivity index (χ4v) is 3.41. The summed E-state index contributed by atoms with van der Waals surface area (Å²) < 4.78 is 0. The van der Waals surface area contributed by atoms with Gasteiger partial charge in [-0.3, -0.25) is 4.79 Å². The number of amides is 1. The van der Waals surface area contributed by atoms with E-state index in [0.717, 1.165) is 41.8 Å². The highest BCUT2D eigenvalue weighted by Crippen LogP contribution is 2.36. The number of anilines is 1. The highest BCUT2D eigenvalue weighted by molar-refractivity contribution is 6.02. The van der Waals surface area contributed by atoms with E-state index in [1.165, 1.54) is 23.6 Å². The first-order chi connectivity index (χ1) is 11.2. The number of hydrogen-bond donors (Lipinski definition) is 3. The van der Waals surface area contributed by atoms with Crippen LogP contribution in [0.3, 0.4) is 0 Å². The van der Waals surface area contributed by atoms with Crippen LogP contribution in [0.5, 0.6) is 0 Å². The molecule has 1 aromatic heterocycles. The van der Waals surface area contributed by atoms with E-state index < -0.39 is 0 Å². The lowest BCUT2D eigenvalue weighted by molar-refractivity contribution is -0.114. The molecule has 116 valence electrons. The molecule has 1 amide bonds. The molecule has 0 saturated carbocycles. The van der Waals surface area contributed by atoms with Gasteiger partial charge in [-0.05, 0) is 11.6 Å². The Kier molecular flexibility index (Phi) is 3.39. The summed E-state index contributed by atoms with van der Waals surface area (Å²) in [6.45, 7) is 3.46. The summed E-state index contributed by atoms with van der Waals surface area (Å²) in [5.41, 5.74) is 6.85. The summed E-state index contributed by atoms with van der Waals surface area (Å²) >= 11 is 0. The molecular weight excluding hydrogens is 286 g/mol. The van der Waals surface area contributed by atoms with Gasteiger partial charge in [-0.15, -0.1) is 0 Å². The number of para-hydroxylation sites is 2. The molecule has 0 fully saturated rings. The summed E-state index contributed by atoms with van der Waals surface area (Å²) in [5, 5.41) is 7.64. The van der Waals surface area contributed by atoms with E-state index in [0.29, 0.717) is 0 Å². The van der Waals surface area contributed by atoms with Gasteiger partial charge in [0, 0.05) is 54.3 Å². The second-order valence-corrected chi connectivity index (χ2v) is 5.96. The largest absolute Gasteiger partial charge is 0.358 e. The Balaban J connectivity index is 1.93. The fraction of sp³-hybridized carbons (Fsp3) is 0.211. The molecule has 2 heterocycles. The molecule has 0 bridgehead atoms. The maximum absolute atomic E-state index is 11.5.